The van der Waals surface area contributed by atoms with Crippen LogP contribution in [-0.2, 0) is 19.8 Å². The van der Waals surface area contributed by atoms with Gasteiger partial charge in [-0.1, -0.05) is 109 Å². The van der Waals surface area contributed by atoms with Crippen molar-refractivity contribution in [2.45, 2.75) is 43.5 Å². The minimum atomic E-state index is -0.863. The molecule has 212 valence electrons. The van der Waals surface area contributed by atoms with Crippen LogP contribution in [0.15, 0.2) is 115 Å². The smallest absolute Gasteiger partial charge is 0.164 e. The molecule has 1 fully saturated rings. The Balaban J connectivity index is 1.34. The van der Waals surface area contributed by atoms with Gasteiger partial charge < -0.3 is 24.5 Å². The van der Waals surface area contributed by atoms with Crippen LogP contribution >= 0.6 is 11.6 Å². The van der Waals surface area contributed by atoms with Crippen LogP contribution in [0.1, 0.15) is 36.6 Å². The molecule has 0 spiro atoms. The summed E-state index contributed by atoms with van der Waals surface area (Å²) in [5, 5.41) is 1.12. The summed E-state index contributed by atoms with van der Waals surface area (Å²) in [5.74, 6) is -0.434. The number of nitrogen functional groups attached to an aromatic ring is 1. The summed E-state index contributed by atoms with van der Waals surface area (Å²) >= 11 is 6.62. The fourth-order valence-corrected chi connectivity index (χ4v) is 6.64. The lowest BCUT2D eigenvalue weighted by Gasteiger charge is -2.36. The van der Waals surface area contributed by atoms with Crippen molar-refractivity contribution in [2.24, 2.45) is 0 Å². The molecule has 0 bridgehead atoms. The predicted octanol–water partition coefficient (Wildman–Crippen LogP) is 6.68. The molecular formula is C34H31ClN4O3. The minimum absolute atomic E-state index is 0.237. The number of hydrogen-bond acceptors (Lipinski definition) is 6. The third kappa shape index (κ3) is 4.41. The van der Waals surface area contributed by atoms with Gasteiger partial charge in [0, 0.05) is 6.20 Å². The van der Waals surface area contributed by atoms with Gasteiger partial charge in [0.2, 0.25) is 0 Å². The van der Waals surface area contributed by atoms with Crippen LogP contribution in [0.25, 0.3) is 11.0 Å². The number of aromatic nitrogens is 3. The van der Waals surface area contributed by atoms with Crippen molar-refractivity contribution in [1.29, 1.82) is 0 Å². The quantitative estimate of drug-likeness (QED) is 0.171. The molecule has 0 radical (unpaired) electrons. The maximum Gasteiger partial charge on any atom is 0.164 e. The van der Waals surface area contributed by atoms with Crippen molar-refractivity contribution in [3.05, 3.63) is 137 Å². The Kier molecular flexibility index (Phi) is 6.63. The molecule has 1 aliphatic heterocycles. The highest BCUT2D eigenvalue weighted by Gasteiger charge is 2.51. The van der Waals surface area contributed by atoms with Crippen LogP contribution in [0.2, 0.25) is 5.02 Å². The topological polar surface area (TPSA) is 84.4 Å². The maximum atomic E-state index is 7.16. The monoisotopic (exact) mass is 578 g/mol. The summed E-state index contributed by atoms with van der Waals surface area (Å²) < 4.78 is 22.1. The lowest BCUT2D eigenvalue weighted by molar-refractivity contribution is -0.148. The van der Waals surface area contributed by atoms with Crippen molar-refractivity contribution in [3.63, 3.8) is 0 Å². The second-order valence-electron chi connectivity index (χ2n) is 11.2. The normalized spacial score (nSPS) is 21.4. The van der Waals surface area contributed by atoms with Crippen molar-refractivity contribution < 1.29 is 14.2 Å². The first kappa shape index (κ1) is 26.9. The Morgan fingerprint density at radius 3 is 2.02 bits per heavy atom. The van der Waals surface area contributed by atoms with Gasteiger partial charge in [-0.3, -0.25) is 0 Å². The number of fused-ring (bicyclic) bond motifs is 2. The molecule has 3 aromatic carbocycles. The maximum absolute atomic E-state index is 7.16. The van der Waals surface area contributed by atoms with Crippen LogP contribution < -0.4 is 5.73 Å². The SMILES string of the molecule is CC1(C)O[C@@H]2[C@H](O1)C(COC(c1ccccc1)(c1ccccc1)c1ccccc1)=C[C@H]2n1cc(Cl)c2c(N)ncnc21. The third-order valence-corrected chi connectivity index (χ3v) is 8.41. The van der Waals surface area contributed by atoms with Crippen LogP contribution in [0, 0.1) is 0 Å². The molecule has 1 saturated heterocycles. The fourth-order valence-electron chi connectivity index (χ4n) is 6.35. The van der Waals surface area contributed by atoms with Crippen LogP contribution in [0.4, 0.5) is 5.82 Å². The van der Waals surface area contributed by atoms with Crippen molar-refractivity contribution in [2.75, 3.05) is 12.3 Å². The molecule has 0 amide bonds. The minimum Gasteiger partial charge on any atom is -0.383 e. The highest BCUT2D eigenvalue weighted by atomic mass is 35.5. The van der Waals surface area contributed by atoms with Gasteiger partial charge in [-0.25, -0.2) is 9.97 Å². The first-order chi connectivity index (χ1) is 20.4. The Bertz CT molecular complexity index is 1660. The average Bonchev–Trinajstić information content (AvgIpc) is 3.63. The largest absolute Gasteiger partial charge is 0.383 e. The summed E-state index contributed by atoms with van der Waals surface area (Å²) in [5.41, 5.74) is 10.0. The van der Waals surface area contributed by atoms with Crippen LogP contribution in [0.3, 0.4) is 0 Å². The Labute approximate surface area is 249 Å². The van der Waals surface area contributed by atoms with Gasteiger partial charge in [-0.15, -0.1) is 0 Å². The molecular weight excluding hydrogens is 548 g/mol. The molecule has 0 unspecified atom stereocenters. The molecule has 2 aliphatic rings. The Hall–Kier alpha value is -4.01. The molecule has 0 saturated carbocycles. The van der Waals surface area contributed by atoms with Gasteiger partial charge in [-0.05, 0) is 36.1 Å². The Morgan fingerprint density at radius 1 is 0.881 bits per heavy atom. The van der Waals surface area contributed by atoms with Crippen molar-refractivity contribution in [1.82, 2.24) is 14.5 Å². The van der Waals surface area contributed by atoms with E-state index in [9.17, 15) is 0 Å². The number of hydrogen-bond donors (Lipinski definition) is 1. The number of ether oxygens (including phenoxy) is 3. The molecule has 2 N–H and O–H groups in total. The number of nitrogens with two attached hydrogens (primary N) is 1. The van der Waals surface area contributed by atoms with Gasteiger partial charge >= 0.3 is 0 Å². The average molecular weight is 579 g/mol. The van der Waals surface area contributed by atoms with Gasteiger partial charge in [0.25, 0.3) is 0 Å². The van der Waals surface area contributed by atoms with E-state index in [2.05, 4.69) is 52.4 Å². The third-order valence-electron chi connectivity index (χ3n) is 8.13. The van der Waals surface area contributed by atoms with Gasteiger partial charge in [0.05, 0.1) is 23.1 Å². The highest BCUT2D eigenvalue weighted by Crippen LogP contribution is 2.47. The summed E-state index contributed by atoms with van der Waals surface area (Å²) in [4.78, 5) is 8.65. The van der Waals surface area contributed by atoms with E-state index in [1.165, 1.54) is 6.33 Å². The number of rotatable bonds is 7. The van der Waals surface area contributed by atoms with Crippen LogP contribution in [-0.4, -0.2) is 39.1 Å². The van der Waals surface area contributed by atoms with E-state index in [1.807, 2.05) is 79.2 Å². The molecule has 8 heteroatoms. The van der Waals surface area contributed by atoms with Gasteiger partial charge in [-0.2, -0.15) is 0 Å². The molecule has 7 rings (SSSR count). The van der Waals surface area contributed by atoms with E-state index in [0.29, 0.717) is 28.5 Å². The van der Waals surface area contributed by atoms with E-state index >= 15 is 0 Å². The summed E-state index contributed by atoms with van der Waals surface area (Å²) in [6, 6.07) is 30.8. The first-order valence-electron chi connectivity index (χ1n) is 14.0. The molecule has 5 aromatic rings. The number of halogens is 1. The fraction of sp³-hybridized carbons (Fsp3) is 0.235. The zero-order valence-electron chi connectivity index (χ0n) is 23.4. The molecule has 3 atom stereocenters. The second-order valence-corrected chi connectivity index (χ2v) is 11.6. The molecule has 1 aliphatic carbocycles. The van der Waals surface area contributed by atoms with Gasteiger partial charge in [0.1, 0.15) is 35.6 Å². The number of anilines is 1. The summed E-state index contributed by atoms with van der Waals surface area (Å²) in [7, 11) is 0. The highest BCUT2D eigenvalue weighted by molar-refractivity contribution is 6.36. The predicted molar refractivity (Wildman–Crippen MR) is 163 cm³/mol. The molecule has 3 heterocycles. The zero-order chi connectivity index (χ0) is 28.9. The number of benzene rings is 3. The molecule has 7 nitrogen and oxygen atoms in total. The lowest BCUT2D eigenvalue weighted by Crippen LogP contribution is -2.35. The zero-order valence-corrected chi connectivity index (χ0v) is 24.1. The lowest BCUT2D eigenvalue weighted by atomic mass is 9.80. The summed E-state index contributed by atoms with van der Waals surface area (Å²) in [6.45, 7) is 4.17. The van der Waals surface area contributed by atoms with E-state index in [0.717, 1.165) is 22.3 Å². The Morgan fingerprint density at radius 2 is 1.45 bits per heavy atom. The first-order valence-corrected chi connectivity index (χ1v) is 14.4. The van der Waals surface area contributed by atoms with Crippen molar-refractivity contribution >= 4 is 28.5 Å². The second kappa shape index (κ2) is 10.4. The standard InChI is InChI=1S/C34H31ClN4O3/c1-33(2)41-29-22(18-27(30(29)42-33)39-19-26(35)28-31(36)37-21-38-32(28)39)20-40-34(23-12-6-3-7-13-23,24-14-8-4-9-15-24)25-16-10-5-11-17-25/h3-19,21,27,29-30H,20H2,1-2H3,(H2,36,37,38)/t27-,29-,30+/m1/s1. The van der Waals surface area contributed by atoms with Crippen LogP contribution in [0.5, 0.6) is 0 Å². The molecule has 42 heavy (non-hydrogen) atoms. The van der Waals surface area contributed by atoms with Gasteiger partial charge in [0.15, 0.2) is 5.79 Å². The van der Waals surface area contributed by atoms with E-state index in [1.54, 1.807) is 0 Å². The van der Waals surface area contributed by atoms with Crippen molar-refractivity contribution in [3.8, 4) is 0 Å². The van der Waals surface area contributed by atoms with E-state index in [-0.39, 0.29) is 18.2 Å². The number of nitrogens with zero attached hydrogens (tertiary/aromatic N) is 3. The summed E-state index contributed by atoms with van der Waals surface area (Å²) in [6.07, 6.45) is 4.83. The molecule has 2 aromatic heterocycles. The van der Waals surface area contributed by atoms with E-state index in [4.69, 9.17) is 31.5 Å². The van der Waals surface area contributed by atoms with E-state index < -0.39 is 11.4 Å².